The molecule has 134 valence electrons. The summed E-state index contributed by atoms with van der Waals surface area (Å²) in [5.41, 5.74) is 4.69. The predicted molar refractivity (Wildman–Crippen MR) is 105 cm³/mol. The maximum atomic E-state index is 5.67. The van der Waals surface area contributed by atoms with Crippen LogP contribution in [0.1, 0.15) is 29.8 Å². The van der Waals surface area contributed by atoms with Gasteiger partial charge in [0.1, 0.15) is 18.2 Å². The minimum Gasteiger partial charge on any atom is -0.486 e. The van der Waals surface area contributed by atoms with Crippen LogP contribution in [0.2, 0.25) is 0 Å². The van der Waals surface area contributed by atoms with Gasteiger partial charge in [-0.2, -0.15) is 0 Å². The van der Waals surface area contributed by atoms with E-state index < -0.39 is 0 Å². The van der Waals surface area contributed by atoms with Gasteiger partial charge in [0.05, 0.1) is 5.69 Å². The molecule has 1 atom stereocenters. The maximum absolute atomic E-state index is 5.67. The molecule has 3 aromatic rings. The number of hydrogen-bond acceptors (Lipinski definition) is 5. The van der Waals surface area contributed by atoms with Crippen molar-refractivity contribution in [1.29, 1.82) is 0 Å². The van der Waals surface area contributed by atoms with E-state index in [2.05, 4.69) is 60.9 Å². The molecule has 0 aliphatic carbocycles. The summed E-state index contributed by atoms with van der Waals surface area (Å²) in [6.45, 7) is 6.21. The summed E-state index contributed by atoms with van der Waals surface area (Å²) < 4.78 is 11.3. The van der Waals surface area contributed by atoms with Crippen molar-refractivity contribution in [2.75, 3.05) is 13.2 Å². The molecule has 4 nitrogen and oxygen atoms in total. The first-order valence-corrected chi connectivity index (χ1v) is 9.71. The third-order valence-electron chi connectivity index (χ3n) is 4.51. The number of thiazole rings is 1. The van der Waals surface area contributed by atoms with Gasteiger partial charge in [0.25, 0.3) is 0 Å². The fourth-order valence-electron chi connectivity index (χ4n) is 2.92. The van der Waals surface area contributed by atoms with E-state index in [0.717, 1.165) is 28.7 Å². The van der Waals surface area contributed by atoms with Crippen molar-refractivity contribution >= 4 is 11.3 Å². The average Bonchev–Trinajstić information content (AvgIpc) is 3.15. The van der Waals surface area contributed by atoms with Crippen LogP contribution in [0.15, 0.2) is 47.8 Å². The van der Waals surface area contributed by atoms with Gasteiger partial charge in [-0.25, -0.2) is 4.98 Å². The summed E-state index contributed by atoms with van der Waals surface area (Å²) in [6.07, 6.45) is 0. The Bertz CT molecular complexity index is 889. The van der Waals surface area contributed by atoms with Crippen molar-refractivity contribution in [2.45, 2.75) is 26.4 Å². The minimum absolute atomic E-state index is 0.204. The summed E-state index contributed by atoms with van der Waals surface area (Å²) >= 11 is 1.69. The number of aryl methyl sites for hydroxylation is 1. The summed E-state index contributed by atoms with van der Waals surface area (Å²) in [4.78, 5) is 4.76. The molecule has 0 amide bonds. The molecule has 0 saturated heterocycles. The van der Waals surface area contributed by atoms with E-state index in [-0.39, 0.29) is 6.04 Å². The highest BCUT2D eigenvalue weighted by molar-refractivity contribution is 7.13. The van der Waals surface area contributed by atoms with Crippen LogP contribution >= 0.6 is 11.3 Å². The Kier molecular flexibility index (Phi) is 4.91. The van der Waals surface area contributed by atoms with Crippen molar-refractivity contribution in [3.63, 3.8) is 0 Å². The number of aromatic nitrogens is 1. The molecule has 26 heavy (non-hydrogen) atoms. The van der Waals surface area contributed by atoms with Crippen LogP contribution in [-0.2, 0) is 6.54 Å². The molecular formula is C21H22N2O2S. The van der Waals surface area contributed by atoms with E-state index in [1.807, 2.05) is 6.07 Å². The monoisotopic (exact) mass is 366 g/mol. The molecule has 2 heterocycles. The zero-order valence-corrected chi connectivity index (χ0v) is 15.8. The Labute approximate surface area is 157 Å². The first-order valence-electron chi connectivity index (χ1n) is 8.83. The molecule has 0 saturated carbocycles. The van der Waals surface area contributed by atoms with Gasteiger partial charge in [0, 0.05) is 23.5 Å². The molecule has 1 unspecified atom stereocenters. The number of nitrogens with zero attached hydrogens (tertiary/aromatic N) is 1. The van der Waals surface area contributed by atoms with Crippen LogP contribution < -0.4 is 14.8 Å². The van der Waals surface area contributed by atoms with Gasteiger partial charge in [-0.1, -0.05) is 35.9 Å². The second kappa shape index (κ2) is 7.48. The van der Waals surface area contributed by atoms with E-state index in [1.165, 1.54) is 16.7 Å². The molecule has 0 spiro atoms. The third kappa shape index (κ3) is 3.74. The lowest BCUT2D eigenvalue weighted by molar-refractivity contribution is 0.171. The first-order chi connectivity index (χ1) is 12.7. The average molecular weight is 366 g/mol. The second-order valence-corrected chi connectivity index (χ2v) is 7.37. The standard InChI is InChI=1S/C21H22N2O2S/c1-14-3-5-16(6-4-14)21-23-18(13-26-21)12-22-15(2)17-7-8-19-20(11-17)25-10-9-24-19/h3-8,11,13,15,22H,9-10,12H2,1-2H3. The topological polar surface area (TPSA) is 43.4 Å². The number of hydrogen-bond donors (Lipinski definition) is 1. The van der Waals surface area contributed by atoms with Crippen molar-refractivity contribution in [3.05, 3.63) is 64.7 Å². The largest absolute Gasteiger partial charge is 0.486 e. The smallest absolute Gasteiger partial charge is 0.161 e. The second-order valence-electron chi connectivity index (χ2n) is 6.52. The Morgan fingerprint density at radius 1 is 1.08 bits per heavy atom. The summed E-state index contributed by atoms with van der Waals surface area (Å²) in [6, 6.07) is 14.8. The Morgan fingerprint density at radius 3 is 2.65 bits per heavy atom. The van der Waals surface area contributed by atoms with Gasteiger partial charge >= 0.3 is 0 Å². The van der Waals surface area contributed by atoms with Crippen LogP contribution in [0.4, 0.5) is 0 Å². The van der Waals surface area contributed by atoms with Crippen molar-refractivity contribution in [1.82, 2.24) is 10.3 Å². The van der Waals surface area contributed by atoms with Crippen LogP contribution in [0.5, 0.6) is 11.5 Å². The summed E-state index contributed by atoms with van der Waals surface area (Å²) in [7, 11) is 0. The van der Waals surface area contributed by atoms with Crippen LogP contribution in [0.25, 0.3) is 10.6 Å². The number of nitrogens with one attached hydrogen (secondary N) is 1. The van der Waals surface area contributed by atoms with E-state index in [1.54, 1.807) is 11.3 Å². The third-order valence-corrected chi connectivity index (χ3v) is 5.45. The molecule has 5 heteroatoms. The number of benzene rings is 2. The highest BCUT2D eigenvalue weighted by Gasteiger charge is 2.14. The molecule has 1 aromatic heterocycles. The predicted octanol–water partition coefficient (Wildman–Crippen LogP) is 4.74. The van der Waals surface area contributed by atoms with Gasteiger partial charge in [0.15, 0.2) is 11.5 Å². The normalized spacial score (nSPS) is 14.2. The number of fused-ring (bicyclic) bond motifs is 1. The summed E-state index contributed by atoms with van der Waals surface area (Å²) in [5, 5.41) is 6.73. The van der Waals surface area contributed by atoms with Crippen LogP contribution in [-0.4, -0.2) is 18.2 Å². The van der Waals surface area contributed by atoms with Crippen LogP contribution in [0.3, 0.4) is 0 Å². The molecule has 0 bridgehead atoms. The lowest BCUT2D eigenvalue weighted by Crippen LogP contribution is -2.19. The van der Waals surface area contributed by atoms with Crippen LogP contribution in [0, 0.1) is 6.92 Å². The molecule has 1 aliphatic heterocycles. The fraction of sp³-hybridized carbons (Fsp3) is 0.286. The minimum atomic E-state index is 0.204. The lowest BCUT2D eigenvalue weighted by atomic mass is 10.1. The molecule has 0 radical (unpaired) electrons. The molecule has 0 fully saturated rings. The fourth-order valence-corrected chi connectivity index (χ4v) is 3.75. The van der Waals surface area contributed by atoms with Gasteiger partial charge in [-0.05, 0) is 31.5 Å². The van der Waals surface area contributed by atoms with Gasteiger partial charge in [0.2, 0.25) is 0 Å². The molecule has 2 aromatic carbocycles. The molecule has 1 aliphatic rings. The van der Waals surface area contributed by atoms with Crippen molar-refractivity contribution in [2.24, 2.45) is 0 Å². The zero-order valence-electron chi connectivity index (χ0n) is 15.0. The van der Waals surface area contributed by atoms with Gasteiger partial charge in [-0.15, -0.1) is 11.3 Å². The van der Waals surface area contributed by atoms with E-state index in [4.69, 9.17) is 14.5 Å². The van der Waals surface area contributed by atoms with E-state index in [9.17, 15) is 0 Å². The highest BCUT2D eigenvalue weighted by atomic mass is 32.1. The Morgan fingerprint density at radius 2 is 1.85 bits per heavy atom. The van der Waals surface area contributed by atoms with Crippen molar-refractivity contribution < 1.29 is 9.47 Å². The molecular weight excluding hydrogens is 344 g/mol. The van der Waals surface area contributed by atoms with Gasteiger partial charge < -0.3 is 14.8 Å². The molecule has 4 rings (SSSR count). The SMILES string of the molecule is Cc1ccc(-c2nc(CNC(C)c3ccc4c(c3)OCCO4)cs2)cc1. The molecule has 1 N–H and O–H groups in total. The van der Waals surface area contributed by atoms with E-state index >= 15 is 0 Å². The maximum Gasteiger partial charge on any atom is 0.161 e. The Balaban J connectivity index is 1.40. The summed E-state index contributed by atoms with van der Waals surface area (Å²) in [5.74, 6) is 1.66. The first kappa shape index (κ1) is 17.1. The Hall–Kier alpha value is -2.37. The van der Waals surface area contributed by atoms with Crippen molar-refractivity contribution in [3.8, 4) is 22.1 Å². The lowest BCUT2D eigenvalue weighted by Gasteiger charge is -2.21. The van der Waals surface area contributed by atoms with E-state index in [0.29, 0.717) is 13.2 Å². The quantitative estimate of drug-likeness (QED) is 0.708. The number of rotatable bonds is 5. The van der Waals surface area contributed by atoms with Gasteiger partial charge in [-0.3, -0.25) is 0 Å². The number of ether oxygens (including phenoxy) is 2. The highest BCUT2D eigenvalue weighted by Crippen LogP contribution is 2.32. The zero-order chi connectivity index (χ0) is 17.9.